The van der Waals surface area contributed by atoms with Gasteiger partial charge in [-0.1, -0.05) is 44.2 Å². The van der Waals surface area contributed by atoms with Gasteiger partial charge in [-0.3, -0.25) is 14.4 Å². The first-order valence-electron chi connectivity index (χ1n) is 11.5. The lowest BCUT2D eigenvalue weighted by atomic mass is 10.0. The number of hydrogen-bond acceptors (Lipinski definition) is 4. The average molecular weight is 452 g/mol. The van der Waals surface area contributed by atoms with Gasteiger partial charge in [0.25, 0.3) is 11.8 Å². The van der Waals surface area contributed by atoms with Crippen LogP contribution in [-0.4, -0.2) is 43.0 Å². The van der Waals surface area contributed by atoms with E-state index in [4.69, 9.17) is 4.74 Å². The minimum Gasteiger partial charge on any atom is -0.484 e. The molecular weight excluding hydrogens is 418 g/mol. The lowest BCUT2D eigenvalue weighted by Gasteiger charge is -2.22. The molecule has 1 aliphatic carbocycles. The number of carbonyl (C=O) groups is 3. The number of amides is 3. The van der Waals surface area contributed by atoms with E-state index in [1.165, 1.54) is 0 Å². The van der Waals surface area contributed by atoms with Gasteiger partial charge in [-0.15, -0.1) is 0 Å². The maximum Gasteiger partial charge on any atom is 0.258 e. The molecule has 0 aromatic heterocycles. The minimum absolute atomic E-state index is 0.0106. The Balaban J connectivity index is 1.44. The zero-order chi connectivity index (χ0) is 23.8. The van der Waals surface area contributed by atoms with Crippen molar-refractivity contribution in [1.29, 1.82) is 0 Å². The molecule has 7 nitrogen and oxygen atoms in total. The van der Waals surface area contributed by atoms with Crippen LogP contribution in [0.4, 0.5) is 0 Å². The van der Waals surface area contributed by atoms with Gasteiger partial charge in [-0.2, -0.15) is 0 Å². The second-order valence-electron chi connectivity index (χ2n) is 8.83. The van der Waals surface area contributed by atoms with Crippen LogP contribution in [0, 0.1) is 12.8 Å². The molecular formula is C26H33N3O4. The van der Waals surface area contributed by atoms with Crippen LogP contribution in [0.1, 0.15) is 48.2 Å². The Bertz CT molecular complexity index is 968. The maximum atomic E-state index is 12.7. The van der Waals surface area contributed by atoms with Crippen LogP contribution in [0.5, 0.6) is 5.75 Å². The second kappa shape index (κ2) is 11.5. The summed E-state index contributed by atoms with van der Waals surface area (Å²) in [5, 5.41) is 8.68. The number of carbonyl (C=O) groups excluding carboxylic acids is 3. The first kappa shape index (κ1) is 24.3. The third-order valence-electron chi connectivity index (χ3n) is 5.57. The molecule has 0 heterocycles. The van der Waals surface area contributed by atoms with Crippen LogP contribution in [0.25, 0.3) is 0 Å². The third kappa shape index (κ3) is 7.63. The first-order valence-corrected chi connectivity index (χ1v) is 11.5. The standard InChI is InChI=1S/C26H33N3O4/c1-17(2)24(29-25(31)22-7-5-4-6-18(22)3)26(32)27-15-14-19-8-12-21(13-9-19)33-16-23(30)28-20-10-11-20/h4-9,12-13,17,20,24H,10-11,14-16H2,1-3H3,(H,27,32)(H,28,30)(H,29,31). The van der Waals surface area contributed by atoms with Gasteiger partial charge in [0, 0.05) is 18.2 Å². The average Bonchev–Trinajstić information content (AvgIpc) is 3.60. The van der Waals surface area contributed by atoms with Gasteiger partial charge >= 0.3 is 0 Å². The lowest BCUT2D eigenvalue weighted by Crippen LogP contribution is -2.50. The summed E-state index contributed by atoms with van der Waals surface area (Å²) < 4.78 is 5.51. The van der Waals surface area contributed by atoms with Crippen molar-refractivity contribution in [2.75, 3.05) is 13.2 Å². The quantitative estimate of drug-likeness (QED) is 0.489. The molecule has 2 aromatic carbocycles. The van der Waals surface area contributed by atoms with E-state index in [0.29, 0.717) is 30.3 Å². The van der Waals surface area contributed by atoms with E-state index in [1.54, 1.807) is 6.07 Å². The van der Waals surface area contributed by atoms with Crippen molar-refractivity contribution >= 4 is 17.7 Å². The number of rotatable bonds is 11. The van der Waals surface area contributed by atoms with E-state index in [9.17, 15) is 14.4 Å². The predicted octanol–water partition coefficient (Wildman–Crippen LogP) is 2.77. The van der Waals surface area contributed by atoms with Crippen LogP contribution >= 0.6 is 0 Å². The number of nitrogens with one attached hydrogen (secondary N) is 3. The zero-order valence-corrected chi connectivity index (χ0v) is 19.5. The maximum absolute atomic E-state index is 12.7. The van der Waals surface area contributed by atoms with Gasteiger partial charge in [0.1, 0.15) is 11.8 Å². The Kier molecular flexibility index (Phi) is 8.46. The summed E-state index contributed by atoms with van der Waals surface area (Å²) in [4.78, 5) is 37.1. The molecule has 2 aromatic rings. The summed E-state index contributed by atoms with van der Waals surface area (Å²) >= 11 is 0. The Morgan fingerprint density at radius 3 is 2.36 bits per heavy atom. The van der Waals surface area contributed by atoms with Crippen molar-refractivity contribution < 1.29 is 19.1 Å². The van der Waals surface area contributed by atoms with E-state index < -0.39 is 6.04 Å². The summed E-state index contributed by atoms with van der Waals surface area (Å²) in [5.41, 5.74) is 2.48. The summed E-state index contributed by atoms with van der Waals surface area (Å²) in [6, 6.07) is 14.5. The number of hydrogen-bond donors (Lipinski definition) is 3. The fourth-order valence-electron chi connectivity index (χ4n) is 3.42. The molecule has 1 saturated carbocycles. The van der Waals surface area contributed by atoms with Gasteiger partial charge in [-0.05, 0) is 61.4 Å². The molecule has 1 fully saturated rings. The summed E-state index contributed by atoms with van der Waals surface area (Å²) in [6.45, 7) is 6.15. The fourth-order valence-corrected chi connectivity index (χ4v) is 3.42. The molecule has 0 spiro atoms. The molecule has 3 amide bonds. The molecule has 3 rings (SSSR count). The molecule has 0 radical (unpaired) electrons. The van der Waals surface area contributed by atoms with E-state index in [0.717, 1.165) is 24.0 Å². The Morgan fingerprint density at radius 2 is 1.73 bits per heavy atom. The number of benzene rings is 2. The highest BCUT2D eigenvalue weighted by molar-refractivity contribution is 5.98. The highest BCUT2D eigenvalue weighted by atomic mass is 16.5. The van der Waals surface area contributed by atoms with Crippen molar-refractivity contribution in [2.45, 2.75) is 52.1 Å². The predicted molar refractivity (Wildman–Crippen MR) is 127 cm³/mol. The molecule has 0 bridgehead atoms. The molecule has 33 heavy (non-hydrogen) atoms. The summed E-state index contributed by atoms with van der Waals surface area (Å²) in [6.07, 6.45) is 2.74. The highest BCUT2D eigenvalue weighted by Gasteiger charge is 2.25. The highest BCUT2D eigenvalue weighted by Crippen LogP contribution is 2.18. The molecule has 1 aliphatic rings. The van der Waals surface area contributed by atoms with Crippen molar-refractivity contribution in [3.8, 4) is 5.75 Å². The third-order valence-corrected chi connectivity index (χ3v) is 5.57. The molecule has 176 valence electrons. The van der Waals surface area contributed by atoms with Crippen LogP contribution in [-0.2, 0) is 16.0 Å². The Hall–Kier alpha value is -3.35. The minimum atomic E-state index is -0.616. The van der Waals surface area contributed by atoms with Gasteiger partial charge in [-0.25, -0.2) is 0 Å². The zero-order valence-electron chi connectivity index (χ0n) is 19.5. The van der Waals surface area contributed by atoms with Gasteiger partial charge < -0.3 is 20.7 Å². The second-order valence-corrected chi connectivity index (χ2v) is 8.83. The normalized spacial score (nSPS) is 13.8. The van der Waals surface area contributed by atoms with Crippen LogP contribution < -0.4 is 20.7 Å². The van der Waals surface area contributed by atoms with Gasteiger partial charge in [0.15, 0.2) is 6.61 Å². The lowest BCUT2D eigenvalue weighted by molar-refractivity contribution is -0.124. The summed E-state index contributed by atoms with van der Waals surface area (Å²) in [5.74, 6) is 0.0365. The van der Waals surface area contributed by atoms with Crippen LogP contribution in [0.2, 0.25) is 0 Å². The fraction of sp³-hybridized carbons (Fsp3) is 0.423. The van der Waals surface area contributed by atoms with E-state index in [-0.39, 0.29) is 30.2 Å². The molecule has 1 atom stereocenters. The van der Waals surface area contributed by atoms with Crippen LogP contribution in [0.3, 0.4) is 0 Å². The van der Waals surface area contributed by atoms with Crippen molar-refractivity contribution in [3.05, 3.63) is 65.2 Å². The molecule has 0 saturated heterocycles. The Morgan fingerprint density at radius 1 is 1.03 bits per heavy atom. The molecule has 7 heteroatoms. The SMILES string of the molecule is Cc1ccccc1C(=O)NC(C(=O)NCCc1ccc(OCC(=O)NC2CC2)cc1)C(C)C. The smallest absolute Gasteiger partial charge is 0.258 e. The topological polar surface area (TPSA) is 96.5 Å². The molecule has 0 aliphatic heterocycles. The van der Waals surface area contributed by atoms with Crippen LogP contribution in [0.15, 0.2) is 48.5 Å². The number of ether oxygens (including phenoxy) is 1. The largest absolute Gasteiger partial charge is 0.484 e. The van der Waals surface area contributed by atoms with E-state index >= 15 is 0 Å². The van der Waals surface area contributed by atoms with Crippen molar-refractivity contribution in [2.24, 2.45) is 5.92 Å². The molecule has 1 unspecified atom stereocenters. The Labute approximate surface area is 195 Å². The summed E-state index contributed by atoms with van der Waals surface area (Å²) in [7, 11) is 0. The number of aryl methyl sites for hydroxylation is 1. The van der Waals surface area contributed by atoms with E-state index in [2.05, 4.69) is 16.0 Å². The monoisotopic (exact) mass is 451 g/mol. The first-order chi connectivity index (χ1) is 15.8. The van der Waals surface area contributed by atoms with Crippen molar-refractivity contribution in [3.63, 3.8) is 0 Å². The van der Waals surface area contributed by atoms with E-state index in [1.807, 2.05) is 63.2 Å². The van der Waals surface area contributed by atoms with Gasteiger partial charge in [0.05, 0.1) is 0 Å². The van der Waals surface area contributed by atoms with Gasteiger partial charge in [0.2, 0.25) is 5.91 Å². The van der Waals surface area contributed by atoms with Crippen molar-refractivity contribution in [1.82, 2.24) is 16.0 Å². The molecule has 3 N–H and O–H groups in total.